The lowest BCUT2D eigenvalue weighted by Crippen LogP contribution is -2.44. The van der Waals surface area contributed by atoms with Gasteiger partial charge in [-0.05, 0) is 31.5 Å². The minimum atomic E-state index is -0.911. The van der Waals surface area contributed by atoms with Crippen LogP contribution < -0.4 is 15.4 Å². The average Bonchev–Trinajstić information content (AvgIpc) is 2.40. The first-order chi connectivity index (χ1) is 9.38. The zero-order chi connectivity index (χ0) is 15.3. The van der Waals surface area contributed by atoms with Crippen molar-refractivity contribution in [3.63, 3.8) is 0 Å². The number of halogens is 1. The Morgan fingerprint density at radius 1 is 1.40 bits per heavy atom. The van der Waals surface area contributed by atoms with E-state index in [4.69, 9.17) is 4.74 Å². The highest BCUT2D eigenvalue weighted by Gasteiger charge is 2.19. The Morgan fingerprint density at radius 2 is 2.05 bits per heavy atom. The van der Waals surface area contributed by atoms with E-state index in [-0.39, 0.29) is 0 Å². The molecule has 1 unspecified atom stereocenters. The third-order valence-electron chi connectivity index (χ3n) is 2.52. The minimum absolute atomic E-state index is 0.322. The van der Waals surface area contributed by atoms with E-state index in [1.807, 2.05) is 0 Å². The molecular weight excluding hydrogens is 328 g/mol. The summed E-state index contributed by atoms with van der Waals surface area (Å²) in [7, 11) is 1.40. The van der Waals surface area contributed by atoms with Crippen LogP contribution >= 0.6 is 15.9 Å². The Morgan fingerprint density at radius 3 is 2.60 bits per heavy atom. The number of rotatable bonds is 4. The summed E-state index contributed by atoms with van der Waals surface area (Å²) in [5.41, 5.74) is 1.04. The van der Waals surface area contributed by atoms with Crippen LogP contribution in [-0.4, -0.2) is 31.4 Å². The fourth-order valence-electron chi connectivity index (χ4n) is 1.51. The lowest BCUT2D eigenvalue weighted by Gasteiger charge is -2.17. The van der Waals surface area contributed by atoms with E-state index in [9.17, 15) is 14.4 Å². The third kappa shape index (κ3) is 4.06. The molecule has 1 aromatic rings. The summed E-state index contributed by atoms with van der Waals surface area (Å²) in [6, 6.07) is 2.75. The minimum Gasteiger partial charge on any atom is -0.480 e. The molecule has 0 aliphatic rings. The van der Waals surface area contributed by atoms with Crippen LogP contribution in [0.3, 0.4) is 0 Å². The number of carbonyl (C=O) groups is 3. The van der Waals surface area contributed by atoms with Gasteiger partial charge >= 0.3 is 6.03 Å². The van der Waals surface area contributed by atoms with E-state index in [1.165, 1.54) is 14.0 Å². The SMILES string of the molecule is CNC(=O)NC(=O)C(C)Oc1c(C)cc(Br)cc1C=O. The summed E-state index contributed by atoms with van der Waals surface area (Å²) in [5, 5.41) is 4.37. The van der Waals surface area contributed by atoms with Crippen LogP contribution in [0.25, 0.3) is 0 Å². The molecule has 108 valence electrons. The largest absolute Gasteiger partial charge is 0.480 e. The van der Waals surface area contributed by atoms with Crippen molar-refractivity contribution >= 4 is 34.2 Å². The maximum atomic E-state index is 11.7. The number of imide groups is 1. The van der Waals surface area contributed by atoms with E-state index in [2.05, 4.69) is 26.6 Å². The molecule has 0 saturated carbocycles. The second-order valence-electron chi connectivity index (χ2n) is 4.09. The van der Waals surface area contributed by atoms with E-state index in [0.29, 0.717) is 23.2 Å². The second-order valence-corrected chi connectivity index (χ2v) is 5.00. The highest BCUT2D eigenvalue weighted by atomic mass is 79.9. The lowest BCUT2D eigenvalue weighted by atomic mass is 10.1. The first-order valence-electron chi connectivity index (χ1n) is 5.83. The van der Waals surface area contributed by atoms with Crippen LogP contribution in [0.5, 0.6) is 5.75 Å². The quantitative estimate of drug-likeness (QED) is 0.817. The monoisotopic (exact) mass is 342 g/mol. The molecule has 0 aliphatic carbocycles. The first-order valence-corrected chi connectivity index (χ1v) is 6.63. The smallest absolute Gasteiger partial charge is 0.321 e. The van der Waals surface area contributed by atoms with E-state index < -0.39 is 18.0 Å². The van der Waals surface area contributed by atoms with Gasteiger partial charge in [-0.25, -0.2) is 4.79 Å². The highest BCUT2D eigenvalue weighted by molar-refractivity contribution is 9.10. The standard InChI is InChI=1S/C13H15BrN2O4/c1-7-4-10(14)5-9(6-17)11(7)20-8(2)12(18)16-13(19)15-3/h4-6,8H,1-3H3,(H2,15,16,18,19). The van der Waals surface area contributed by atoms with Gasteiger partial charge in [0.05, 0.1) is 5.56 Å². The molecule has 3 amide bonds. The number of urea groups is 1. The molecule has 0 saturated heterocycles. The molecule has 2 N–H and O–H groups in total. The Balaban J connectivity index is 2.90. The molecular formula is C13H15BrN2O4. The summed E-state index contributed by atoms with van der Waals surface area (Å²) in [6.45, 7) is 3.25. The molecule has 0 radical (unpaired) electrons. The van der Waals surface area contributed by atoms with Crippen molar-refractivity contribution in [1.82, 2.24) is 10.6 Å². The predicted molar refractivity (Wildman–Crippen MR) is 77.0 cm³/mol. The molecule has 0 bridgehead atoms. The number of amides is 3. The maximum absolute atomic E-state index is 11.7. The Kier molecular flexibility index (Phi) is 5.69. The Bertz CT molecular complexity index is 545. The van der Waals surface area contributed by atoms with Gasteiger partial charge in [0.2, 0.25) is 0 Å². The zero-order valence-electron chi connectivity index (χ0n) is 11.3. The number of ether oxygens (including phenoxy) is 1. The number of aldehydes is 1. The zero-order valence-corrected chi connectivity index (χ0v) is 12.9. The molecule has 7 heteroatoms. The Hall–Kier alpha value is -1.89. The fraction of sp³-hybridized carbons (Fsp3) is 0.308. The van der Waals surface area contributed by atoms with Crippen molar-refractivity contribution in [2.24, 2.45) is 0 Å². The molecule has 0 fully saturated rings. The van der Waals surface area contributed by atoms with Crippen molar-refractivity contribution < 1.29 is 19.1 Å². The van der Waals surface area contributed by atoms with Crippen molar-refractivity contribution in [1.29, 1.82) is 0 Å². The summed E-state index contributed by atoms with van der Waals surface area (Å²) in [6.07, 6.45) is -0.262. The van der Waals surface area contributed by atoms with Crippen LogP contribution in [0, 0.1) is 6.92 Å². The third-order valence-corrected chi connectivity index (χ3v) is 2.98. The van der Waals surface area contributed by atoms with Gasteiger partial charge < -0.3 is 10.1 Å². The molecule has 0 aromatic heterocycles. The van der Waals surface area contributed by atoms with E-state index >= 15 is 0 Å². The van der Waals surface area contributed by atoms with Gasteiger partial charge in [0.15, 0.2) is 12.4 Å². The van der Waals surface area contributed by atoms with Gasteiger partial charge in [-0.1, -0.05) is 15.9 Å². The number of hydrogen-bond acceptors (Lipinski definition) is 4. The number of aryl methyl sites for hydroxylation is 1. The van der Waals surface area contributed by atoms with E-state index in [1.54, 1.807) is 19.1 Å². The maximum Gasteiger partial charge on any atom is 0.321 e. The number of carbonyl (C=O) groups excluding carboxylic acids is 3. The molecule has 0 aliphatic heterocycles. The fourth-order valence-corrected chi connectivity index (χ4v) is 2.10. The highest BCUT2D eigenvalue weighted by Crippen LogP contribution is 2.27. The average molecular weight is 343 g/mol. The number of hydrogen-bond donors (Lipinski definition) is 2. The van der Waals surface area contributed by atoms with Crippen LogP contribution in [-0.2, 0) is 4.79 Å². The molecule has 6 nitrogen and oxygen atoms in total. The lowest BCUT2D eigenvalue weighted by molar-refractivity contribution is -0.126. The topological polar surface area (TPSA) is 84.5 Å². The normalized spacial score (nSPS) is 11.4. The van der Waals surface area contributed by atoms with Crippen LogP contribution in [0.4, 0.5) is 4.79 Å². The summed E-state index contributed by atoms with van der Waals surface area (Å²) in [5.74, 6) is -0.272. The van der Waals surface area contributed by atoms with Gasteiger partial charge in [0.1, 0.15) is 5.75 Å². The summed E-state index contributed by atoms with van der Waals surface area (Å²) < 4.78 is 6.23. The van der Waals surface area contributed by atoms with Crippen LogP contribution in [0.1, 0.15) is 22.8 Å². The van der Waals surface area contributed by atoms with Gasteiger partial charge in [-0.2, -0.15) is 0 Å². The second kappa shape index (κ2) is 7.04. The van der Waals surface area contributed by atoms with Gasteiger partial charge in [0.25, 0.3) is 5.91 Å². The van der Waals surface area contributed by atoms with Crippen molar-refractivity contribution in [2.45, 2.75) is 20.0 Å². The van der Waals surface area contributed by atoms with Crippen molar-refractivity contribution in [2.75, 3.05) is 7.05 Å². The van der Waals surface area contributed by atoms with E-state index in [0.717, 1.165) is 4.47 Å². The Labute approximate surface area is 125 Å². The van der Waals surface area contributed by atoms with Crippen molar-refractivity contribution in [3.8, 4) is 5.75 Å². The molecule has 20 heavy (non-hydrogen) atoms. The molecule has 0 heterocycles. The van der Waals surface area contributed by atoms with Crippen LogP contribution in [0.2, 0.25) is 0 Å². The van der Waals surface area contributed by atoms with Gasteiger partial charge in [-0.15, -0.1) is 0 Å². The van der Waals surface area contributed by atoms with Crippen LogP contribution in [0.15, 0.2) is 16.6 Å². The molecule has 1 atom stereocenters. The summed E-state index contributed by atoms with van der Waals surface area (Å²) >= 11 is 3.28. The molecule has 1 rings (SSSR count). The molecule has 1 aromatic carbocycles. The number of nitrogens with one attached hydrogen (secondary N) is 2. The predicted octanol–water partition coefficient (Wildman–Crippen LogP) is 1.79. The van der Waals surface area contributed by atoms with Gasteiger partial charge in [-0.3, -0.25) is 14.9 Å². The van der Waals surface area contributed by atoms with Gasteiger partial charge in [0, 0.05) is 11.5 Å². The van der Waals surface area contributed by atoms with Crippen molar-refractivity contribution in [3.05, 3.63) is 27.7 Å². The number of benzene rings is 1. The summed E-state index contributed by atoms with van der Waals surface area (Å²) in [4.78, 5) is 33.8. The first kappa shape index (κ1) is 16.2. The molecule has 0 spiro atoms.